The van der Waals surface area contributed by atoms with E-state index in [1.54, 1.807) is 16.2 Å². The first-order valence-corrected chi connectivity index (χ1v) is 7.43. The predicted octanol–water partition coefficient (Wildman–Crippen LogP) is 1.18. The fourth-order valence-corrected chi connectivity index (χ4v) is 3.52. The van der Waals surface area contributed by atoms with Gasteiger partial charge in [-0.15, -0.1) is 16.4 Å². The van der Waals surface area contributed by atoms with Gasteiger partial charge in [-0.1, -0.05) is 5.21 Å². The molecule has 1 aliphatic heterocycles. The number of thiophene rings is 1. The molecule has 3 heterocycles. The molecule has 0 fully saturated rings. The van der Waals surface area contributed by atoms with Gasteiger partial charge in [0, 0.05) is 11.4 Å². The first-order chi connectivity index (χ1) is 10.1. The Balaban J connectivity index is 1.72. The maximum absolute atomic E-state index is 12.4. The van der Waals surface area contributed by atoms with Crippen LogP contribution in [0.4, 0.5) is 0 Å². The molecule has 1 unspecified atom stereocenters. The summed E-state index contributed by atoms with van der Waals surface area (Å²) in [5.41, 5.74) is 1.04. The molecule has 2 aromatic rings. The van der Waals surface area contributed by atoms with Gasteiger partial charge >= 0.3 is 5.97 Å². The Bertz CT molecular complexity index is 693. The second-order valence-electron chi connectivity index (χ2n) is 4.92. The zero-order valence-corrected chi connectivity index (χ0v) is 12.2. The Kier molecular flexibility index (Phi) is 3.46. The van der Waals surface area contributed by atoms with E-state index in [4.69, 9.17) is 5.11 Å². The zero-order chi connectivity index (χ0) is 15.0. The molecule has 3 rings (SSSR count). The Morgan fingerprint density at radius 3 is 3.05 bits per heavy atom. The van der Waals surface area contributed by atoms with Gasteiger partial charge in [-0.25, -0.2) is 9.48 Å². The third kappa shape index (κ3) is 2.54. The van der Waals surface area contributed by atoms with Crippen molar-refractivity contribution in [2.75, 3.05) is 6.54 Å². The van der Waals surface area contributed by atoms with E-state index in [1.165, 1.54) is 21.3 Å². The average molecular weight is 306 g/mol. The molecule has 0 saturated heterocycles. The highest BCUT2D eigenvalue weighted by molar-refractivity contribution is 7.10. The molecule has 21 heavy (non-hydrogen) atoms. The van der Waals surface area contributed by atoms with Gasteiger partial charge in [-0.3, -0.25) is 4.79 Å². The van der Waals surface area contributed by atoms with Crippen LogP contribution in [-0.2, 0) is 17.8 Å². The van der Waals surface area contributed by atoms with Crippen LogP contribution in [0, 0.1) is 0 Å². The Morgan fingerprint density at radius 1 is 1.52 bits per heavy atom. The lowest BCUT2D eigenvalue weighted by atomic mass is 10.0. The van der Waals surface area contributed by atoms with Crippen LogP contribution in [0.2, 0.25) is 0 Å². The Labute approximate surface area is 124 Å². The van der Waals surface area contributed by atoms with Gasteiger partial charge < -0.3 is 10.0 Å². The molecule has 1 aliphatic rings. The largest absolute Gasteiger partial charge is 0.476 e. The van der Waals surface area contributed by atoms with Gasteiger partial charge in [0.05, 0.1) is 12.2 Å². The van der Waals surface area contributed by atoms with Crippen LogP contribution in [0.5, 0.6) is 0 Å². The second kappa shape index (κ2) is 5.28. The molecule has 110 valence electrons. The fourth-order valence-electron chi connectivity index (χ4n) is 2.55. The van der Waals surface area contributed by atoms with Gasteiger partial charge in [0.1, 0.15) is 6.54 Å². The van der Waals surface area contributed by atoms with E-state index in [2.05, 4.69) is 16.4 Å². The van der Waals surface area contributed by atoms with Crippen LogP contribution in [0.1, 0.15) is 33.9 Å². The molecular weight excluding hydrogens is 292 g/mol. The van der Waals surface area contributed by atoms with Gasteiger partial charge in [0.15, 0.2) is 5.69 Å². The van der Waals surface area contributed by atoms with Gasteiger partial charge in [0.2, 0.25) is 5.91 Å². The molecule has 8 heteroatoms. The third-order valence-electron chi connectivity index (χ3n) is 3.65. The van der Waals surface area contributed by atoms with Crippen molar-refractivity contribution >= 4 is 23.2 Å². The first kappa shape index (κ1) is 13.7. The molecule has 0 aliphatic carbocycles. The monoisotopic (exact) mass is 306 g/mol. The van der Waals surface area contributed by atoms with Gasteiger partial charge in [0.25, 0.3) is 0 Å². The van der Waals surface area contributed by atoms with E-state index in [-0.39, 0.29) is 24.2 Å². The van der Waals surface area contributed by atoms with Crippen molar-refractivity contribution in [2.45, 2.75) is 25.9 Å². The summed E-state index contributed by atoms with van der Waals surface area (Å²) in [6, 6.07) is 2.09. The van der Waals surface area contributed by atoms with Crippen LogP contribution < -0.4 is 0 Å². The first-order valence-electron chi connectivity index (χ1n) is 6.55. The minimum atomic E-state index is -1.15. The molecule has 0 radical (unpaired) electrons. The highest BCUT2D eigenvalue weighted by Gasteiger charge is 2.28. The summed E-state index contributed by atoms with van der Waals surface area (Å²) in [6.45, 7) is 2.69. The molecule has 1 amide bonds. The number of aromatic nitrogens is 3. The molecule has 0 spiro atoms. The minimum absolute atomic E-state index is 0.00406. The number of carboxylic acid groups (broad SMARTS) is 1. The maximum atomic E-state index is 12.4. The van der Waals surface area contributed by atoms with Crippen molar-refractivity contribution in [3.05, 3.63) is 33.8 Å². The highest BCUT2D eigenvalue weighted by Crippen LogP contribution is 2.32. The normalized spacial score (nSPS) is 17.6. The van der Waals surface area contributed by atoms with Crippen molar-refractivity contribution in [1.82, 2.24) is 19.9 Å². The number of amides is 1. The predicted molar refractivity (Wildman–Crippen MR) is 75.1 cm³/mol. The number of fused-ring (bicyclic) bond motifs is 1. The summed E-state index contributed by atoms with van der Waals surface area (Å²) >= 11 is 1.72. The van der Waals surface area contributed by atoms with E-state index in [1.807, 2.05) is 12.3 Å². The van der Waals surface area contributed by atoms with Crippen LogP contribution in [-0.4, -0.2) is 43.4 Å². The molecule has 1 N–H and O–H groups in total. The number of hydrogen-bond acceptors (Lipinski definition) is 5. The lowest BCUT2D eigenvalue weighted by Gasteiger charge is -2.33. The molecule has 1 atom stereocenters. The lowest BCUT2D eigenvalue weighted by Crippen LogP contribution is -2.40. The second-order valence-corrected chi connectivity index (χ2v) is 5.92. The summed E-state index contributed by atoms with van der Waals surface area (Å²) < 4.78 is 1.27. The van der Waals surface area contributed by atoms with Gasteiger partial charge in [-0.2, -0.15) is 0 Å². The summed E-state index contributed by atoms with van der Waals surface area (Å²) in [5, 5.41) is 18.0. The smallest absolute Gasteiger partial charge is 0.358 e. The lowest BCUT2D eigenvalue weighted by molar-refractivity contribution is -0.134. The number of aromatic carboxylic acids is 1. The van der Waals surface area contributed by atoms with Crippen molar-refractivity contribution in [3.63, 3.8) is 0 Å². The SMILES string of the molecule is CC1c2ccsc2CCN1C(=O)Cn1cc(C(=O)O)nn1. The number of carboxylic acids is 1. The Hall–Kier alpha value is -2.22. The fraction of sp³-hybridized carbons (Fsp3) is 0.385. The zero-order valence-electron chi connectivity index (χ0n) is 11.4. The third-order valence-corrected chi connectivity index (χ3v) is 4.65. The summed E-state index contributed by atoms with van der Waals surface area (Å²) in [4.78, 5) is 26.3. The minimum Gasteiger partial charge on any atom is -0.476 e. The molecule has 0 aromatic carbocycles. The van der Waals surface area contributed by atoms with Crippen LogP contribution >= 0.6 is 11.3 Å². The van der Waals surface area contributed by atoms with Crippen molar-refractivity contribution < 1.29 is 14.7 Å². The number of hydrogen-bond donors (Lipinski definition) is 1. The summed E-state index contributed by atoms with van der Waals surface area (Å²) in [6.07, 6.45) is 2.13. The molecule has 0 saturated carbocycles. The van der Waals surface area contributed by atoms with E-state index in [9.17, 15) is 9.59 Å². The maximum Gasteiger partial charge on any atom is 0.358 e. The number of carbonyl (C=O) groups is 2. The average Bonchev–Trinajstić information content (AvgIpc) is 3.07. The molecule has 2 aromatic heterocycles. The quantitative estimate of drug-likeness (QED) is 0.920. The Morgan fingerprint density at radius 2 is 2.33 bits per heavy atom. The molecule has 0 bridgehead atoms. The van der Waals surface area contributed by atoms with Crippen molar-refractivity contribution in [3.8, 4) is 0 Å². The van der Waals surface area contributed by atoms with Crippen molar-refractivity contribution in [1.29, 1.82) is 0 Å². The van der Waals surface area contributed by atoms with Gasteiger partial charge in [-0.05, 0) is 30.4 Å². The number of carbonyl (C=O) groups excluding carboxylic acids is 1. The number of rotatable bonds is 3. The number of nitrogens with zero attached hydrogens (tertiary/aromatic N) is 4. The molecular formula is C13H14N4O3S. The van der Waals surface area contributed by atoms with Crippen molar-refractivity contribution in [2.24, 2.45) is 0 Å². The highest BCUT2D eigenvalue weighted by atomic mass is 32.1. The summed E-state index contributed by atoms with van der Waals surface area (Å²) in [7, 11) is 0. The standard InChI is InChI=1S/C13H14N4O3S/c1-8-9-3-5-21-11(9)2-4-17(8)12(18)7-16-6-10(13(19)20)14-15-16/h3,5-6,8H,2,4,7H2,1H3,(H,19,20). The van der Waals surface area contributed by atoms with Crippen LogP contribution in [0.15, 0.2) is 17.6 Å². The van der Waals surface area contributed by atoms with E-state index < -0.39 is 5.97 Å². The summed E-state index contributed by atoms with van der Waals surface area (Å²) in [5.74, 6) is -1.23. The van der Waals surface area contributed by atoms with Crippen LogP contribution in [0.25, 0.3) is 0 Å². The molecule has 7 nitrogen and oxygen atoms in total. The van der Waals surface area contributed by atoms with E-state index >= 15 is 0 Å². The van der Waals surface area contributed by atoms with E-state index in [0.29, 0.717) is 6.54 Å². The van der Waals surface area contributed by atoms with E-state index in [0.717, 1.165) is 6.42 Å². The van der Waals surface area contributed by atoms with Crippen LogP contribution in [0.3, 0.4) is 0 Å². The topological polar surface area (TPSA) is 88.3 Å².